The molecule has 128 valence electrons. The summed E-state index contributed by atoms with van der Waals surface area (Å²) in [5, 5.41) is 0. The standard InChI is InChI=1S/C19H23FN2O2/c1-3-10-22-18(23)16(14-6-8-15(20)9-7-14)17(19(22)24)21-11-4-5-13(2)12-21/h6-9,13H,3-5,10-12H2,1-2H3. The minimum Gasteiger partial charge on any atom is -0.366 e. The van der Waals surface area contributed by atoms with Gasteiger partial charge in [0.05, 0.1) is 5.57 Å². The largest absolute Gasteiger partial charge is 0.366 e. The van der Waals surface area contributed by atoms with Crippen molar-refractivity contribution < 1.29 is 14.0 Å². The summed E-state index contributed by atoms with van der Waals surface area (Å²) in [6.07, 6.45) is 2.87. The lowest BCUT2D eigenvalue weighted by atomic mass is 9.98. The fraction of sp³-hybridized carbons (Fsp3) is 0.474. The van der Waals surface area contributed by atoms with Crippen molar-refractivity contribution in [1.82, 2.24) is 9.80 Å². The molecule has 2 heterocycles. The van der Waals surface area contributed by atoms with Crippen LogP contribution in [0.15, 0.2) is 30.0 Å². The van der Waals surface area contributed by atoms with Crippen LogP contribution in [0, 0.1) is 11.7 Å². The molecule has 4 nitrogen and oxygen atoms in total. The van der Waals surface area contributed by atoms with Gasteiger partial charge < -0.3 is 4.90 Å². The Balaban J connectivity index is 2.06. The number of carbonyl (C=O) groups is 2. The van der Waals surface area contributed by atoms with Gasteiger partial charge in [-0.1, -0.05) is 26.0 Å². The first-order valence-electron chi connectivity index (χ1n) is 8.64. The maximum absolute atomic E-state index is 13.3. The molecule has 0 spiro atoms. The number of amides is 2. The SMILES string of the molecule is CCCN1C(=O)C(c2ccc(F)cc2)=C(N2CCCC(C)C2)C1=O. The molecule has 1 aromatic rings. The molecule has 2 amide bonds. The van der Waals surface area contributed by atoms with Crippen molar-refractivity contribution in [2.45, 2.75) is 33.1 Å². The lowest BCUT2D eigenvalue weighted by Gasteiger charge is -2.33. The topological polar surface area (TPSA) is 40.6 Å². The van der Waals surface area contributed by atoms with Crippen LogP contribution in [0.3, 0.4) is 0 Å². The molecule has 1 fully saturated rings. The average Bonchev–Trinajstić information content (AvgIpc) is 2.81. The van der Waals surface area contributed by atoms with Gasteiger partial charge in [0, 0.05) is 19.6 Å². The molecule has 0 aromatic heterocycles. The number of hydrogen-bond donors (Lipinski definition) is 0. The predicted octanol–water partition coefficient (Wildman–Crippen LogP) is 3.05. The minimum absolute atomic E-state index is 0.213. The average molecular weight is 330 g/mol. The number of carbonyl (C=O) groups excluding carboxylic acids is 2. The molecule has 1 saturated heterocycles. The molecule has 1 atom stereocenters. The van der Waals surface area contributed by atoms with Crippen molar-refractivity contribution in [2.24, 2.45) is 5.92 Å². The Labute approximate surface area is 141 Å². The molecule has 2 aliphatic heterocycles. The van der Waals surface area contributed by atoms with Crippen molar-refractivity contribution in [2.75, 3.05) is 19.6 Å². The molecule has 0 radical (unpaired) electrons. The molecule has 24 heavy (non-hydrogen) atoms. The number of imide groups is 1. The second-order valence-electron chi connectivity index (χ2n) is 6.69. The molecule has 0 saturated carbocycles. The summed E-state index contributed by atoms with van der Waals surface area (Å²) in [5.74, 6) is -0.338. The Bertz CT molecular complexity index is 681. The molecule has 5 heteroatoms. The number of piperidine rings is 1. The summed E-state index contributed by atoms with van der Waals surface area (Å²) >= 11 is 0. The van der Waals surface area contributed by atoms with Crippen molar-refractivity contribution >= 4 is 17.4 Å². The van der Waals surface area contributed by atoms with E-state index in [0.29, 0.717) is 29.3 Å². The third kappa shape index (κ3) is 2.95. The van der Waals surface area contributed by atoms with E-state index < -0.39 is 0 Å². The Kier molecular flexibility index (Phi) is 4.69. The maximum atomic E-state index is 13.3. The normalized spacial score (nSPS) is 21.9. The second-order valence-corrected chi connectivity index (χ2v) is 6.69. The van der Waals surface area contributed by atoms with Crippen LogP contribution in [0.2, 0.25) is 0 Å². The van der Waals surface area contributed by atoms with Crippen LogP contribution in [0.25, 0.3) is 5.57 Å². The molecule has 2 aliphatic rings. The summed E-state index contributed by atoms with van der Waals surface area (Å²) in [7, 11) is 0. The first-order chi connectivity index (χ1) is 11.5. The number of likely N-dealkylation sites (tertiary alicyclic amines) is 1. The zero-order valence-corrected chi connectivity index (χ0v) is 14.2. The van der Waals surface area contributed by atoms with Gasteiger partial charge in [-0.05, 0) is 42.9 Å². The van der Waals surface area contributed by atoms with Crippen LogP contribution < -0.4 is 0 Å². The summed E-state index contributed by atoms with van der Waals surface area (Å²) in [5.41, 5.74) is 1.52. The van der Waals surface area contributed by atoms with Crippen LogP contribution >= 0.6 is 0 Å². The lowest BCUT2D eigenvalue weighted by Crippen LogP contribution is -2.39. The third-order valence-electron chi connectivity index (χ3n) is 4.70. The van der Waals surface area contributed by atoms with Gasteiger partial charge in [0.1, 0.15) is 11.5 Å². The van der Waals surface area contributed by atoms with Gasteiger partial charge in [-0.15, -0.1) is 0 Å². The monoisotopic (exact) mass is 330 g/mol. The van der Waals surface area contributed by atoms with Crippen molar-refractivity contribution in [3.8, 4) is 0 Å². The van der Waals surface area contributed by atoms with E-state index in [2.05, 4.69) is 6.92 Å². The van der Waals surface area contributed by atoms with E-state index >= 15 is 0 Å². The fourth-order valence-electron chi connectivity index (χ4n) is 3.55. The summed E-state index contributed by atoms with van der Waals surface area (Å²) in [6, 6.07) is 5.83. The van der Waals surface area contributed by atoms with E-state index in [1.165, 1.54) is 17.0 Å². The molecule has 0 bridgehead atoms. The number of halogens is 1. The van der Waals surface area contributed by atoms with E-state index in [9.17, 15) is 14.0 Å². The number of nitrogens with zero attached hydrogens (tertiary/aromatic N) is 2. The fourth-order valence-corrected chi connectivity index (χ4v) is 3.55. The molecule has 0 aliphatic carbocycles. The summed E-state index contributed by atoms with van der Waals surface area (Å²) in [6.45, 7) is 6.08. The van der Waals surface area contributed by atoms with Crippen LogP contribution in [0.5, 0.6) is 0 Å². The van der Waals surface area contributed by atoms with Gasteiger partial charge >= 0.3 is 0 Å². The molecular weight excluding hydrogens is 307 g/mol. The Morgan fingerprint density at radius 2 is 1.88 bits per heavy atom. The van der Waals surface area contributed by atoms with Crippen LogP contribution in [-0.4, -0.2) is 41.2 Å². The van der Waals surface area contributed by atoms with Gasteiger partial charge in [-0.2, -0.15) is 0 Å². The van der Waals surface area contributed by atoms with Gasteiger partial charge in [0.15, 0.2) is 0 Å². The lowest BCUT2D eigenvalue weighted by molar-refractivity contribution is -0.137. The highest BCUT2D eigenvalue weighted by atomic mass is 19.1. The number of hydrogen-bond acceptors (Lipinski definition) is 3. The zero-order chi connectivity index (χ0) is 17.3. The number of rotatable bonds is 4. The van der Waals surface area contributed by atoms with E-state index in [4.69, 9.17) is 0 Å². The van der Waals surface area contributed by atoms with E-state index in [1.807, 2.05) is 11.8 Å². The zero-order valence-electron chi connectivity index (χ0n) is 14.2. The summed E-state index contributed by atoms with van der Waals surface area (Å²) < 4.78 is 13.3. The molecule has 1 aromatic carbocycles. The summed E-state index contributed by atoms with van der Waals surface area (Å²) in [4.78, 5) is 29.1. The molecule has 1 unspecified atom stereocenters. The van der Waals surface area contributed by atoms with Crippen LogP contribution in [-0.2, 0) is 9.59 Å². The smallest absolute Gasteiger partial charge is 0.277 e. The highest BCUT2D eigenvalue weighted by molar-refractivity contribution is 6.35. The van der Waals surface area contributed by atoms with Crippen molar-refractivity contribution in [3.05, 3.63) is 41.3 Å². The van der Waals surface area contributed by atoms with Crippen molar-refractivity contribution in [3.63, 3.8) is 0 Å². The van der Waals surface area contributed by atoms with Crippen molar-refractivity contribution in [1.29, 1.82) is 0 Å². The number of benzene rings is 1. The minimum atomic E-state index is -0.352. The highest BCUT2D eigenvalue weighted by Crippen LogP contribution is 2.34. The van der Waals surface area contributed by atoms with Gasteiger partial charge in [0.2, 0.25) is 0 Å². The Hall–Kier alpha value is -2.17. The van der Waals surface area contributed by atoms with E-state index in [1.54, 1.807) is 12.1 Å². The van der Waals surface area contributed by atoms with E-state index in [0.717, 1.165) is 32.4 Å². The molecule has 3 rings (SSSR count). The van der Waals surface area contributed by atoms with Crippen LogP contribution in [0.4, 0.5) is 4.39 Å². The second kappa shape index (κ2) is 6.75. The maximum Gasteiger partial charge on any atom is 0.277 e. The molecule has 0 N–H and O–H groups in total. The molecular formula is C19H23FN2O2. The first kappa shape index (κ1) is 16.7. The predicted molar refractivity (Wildman–Crippen MR) is 90.3 cm³/mol. The first-order valence-corrected chi connectivity index (χ1v) is 8.64. The Morgan fingerprint density at radius 1 is 1.17 bits per heavy atom. The quantitative estimate of drug-likeness (QED) is 0.797. The Morgan fingerprint density at radius 3 is 2.50 bits per heavy atom. The third-order valence-corrected chi connectivity index (χ3v) is 4.70. The van der Waals surface area contributed by atoms with Gasteiger partial charge in [0.25, 0.3) is 11.8 Å². The van der Waals surface area contributed by atoms with E-state index in [-0.39, 0.29) is 17.6 Å². The highest BCUT2D eigenvalue weighted by Gasteiger charge is 2.41. The van der Waals surface area contributed by atoms with Gasteiger partial charge in [-0.3, -0.25) is 14.5 Å². The van der Waals surface area contributed by atoms with Gasteiger partial charge in [-0.25, -0.2) is 4.39 Å². The van der Waals surface area contributed by atoms with Crippen LogP contribution in [0.1, 0.15) is 38.7 Å².